The van der Waals surface area contributed by atoms with Crippen LogP contribution in [0.5, 0.6) is 0 Å². The third-order valence-electron chi connectivity index (χ3n) is 4.77. The van der Waals surface area contributed by atoms with Crippen molar-refractivity contribution in [3.05, 3.63) is 0 Å². The largest absolute Gasteiger partial charge is 0.0322 e. The lowest BCUT2D eigenvalue weighted by Crippen LogP contribution is -2.85. The molecule has 0 atom stereocenters. The van der Waals surface area contributed by atoms with E-state index in [0.717, 1.165) is 0 Å². The summed E-state index contributed by atoms with van der Waals surface area (Å²) in [6, 6.07) is 0. The van der Waals surface area contributed by atoms with E-state index in [4.69, 9.17) is 85.1 Å². The van der Waals surface area contributed by atoms with E-state index in [0.29, 0.717) is 0 Å². The maximum atomic E-state index is 6.05. The van der Waals surface area contributed by atoms with Gasteiger partial charge in [0.1, 0.15) is 0 Å². The van der Waals surface area contributed by atoms with Crippen LogP contribution in [0.1, 0.15) is 0 Å². The Morgan fingerprint density at radius 1 is 0.480 bits per heavy atom. The minimum Gasteiger partial charge on any atom is 0.0000000000000235 e. The Morgan fingerprint density at radius 3 is 0.920 bits per heavy atom. The van der Waals surface area contributed by atoms with Crippen molar-refractivity contribution in [2.75, 3.05) is 0 Å². The van der Waals surface area contributed by atoms with E-state index in [1.807, 2.05) is 0 Å². The Balaban J connectivity index is 6.38. The first-order valence-electron chi connectivity index (χ1n) is 8.15. The Kier molecular flexibility index (Phi) is 13.0. The van der Waals surface area contributed by atoms with Gasteiger partial charge in [0.05, 0.1) is 0 Å². The highest BCUT2D eigenvalue weighted by atomic mass is 13.3. The van der Waals surface area contributed by atoms with E-state index < -0.39 is 70.2 Å². The number of rotatable bonds is 11. The van der Waals surface area contributed by atoms with Crippen LogP contribution in [0, 0.1) is 0 Å². The molecular formula is H2B25. The molecule has 0 aromatic carbocycles. The zero-order valence-corrected chi connectivity index (χ0v) is 14.7. The lowest BCUT2D eigenvalue weighted by Gasteiger charge is -2.46. The van der Waals surface area contributed by atoms with Crippen molar-refractivity contribution in [1.82, 2.24) is 0 Å². The Hall–Kier alpha value is 1.62. The molecule has 0 aliphatic carbocycles. The standard InChI is InChI=1S/B25H2/c1-14-21(15(2)3)24(20(12)13)25(22(16(4)5)17(6)7)23(18(8)9)19(10)11/h1-2H. The van der Waals surface area contributed by atoms with E-state index in [1.54, 1.807) is 7.06 Å². The molecule has 25 radical (unpaired) electrons. The maximum Gasteiger partial charge on any atom is 0.0322 e. The lowest BCUT2D eigenvalue weighted by molar-refractivity contribution is 3.29. The molecule has 0 rings (SSSR count). The highest BCUT2D eigenvalue weighted by Gasteiger charge is 2.48. The quantitative estimate of drug-likeness (QED) is 0.328. The highest BCUT2D eigenvalue weighted by Crippen LogP contribution is 2.10. The summed E-state index contributed by atoms with van der Waals surface area (Å²) in [6.07, 6.45) is -8.10. The second-order valence-electron chi connectivity index (χ2n) is 6.67. The SMILES string of the molecule is [B]B([B])B(B([B])[B])B(B(B([B])[B])B([B])[B])B(B([B])[B])B([B][BH])B([B])[BH]. The Labute approximate surface area is 177 Å². The molecule has 0 bridgehead atoms. The van der Waals surface area contributed by atoms with Crippen LogP contribution in [0.15, 0.2) is 0 Å². The molecule has 0 spiro atoms. The average molecular weight is 272 g/mol. The molecule has 25 heavy (non-hydrogen) atoms. The molecule has 25 heteroatoms. The van der Waals surface area contributed by atoms with Gasteiger partial charge in [-0.1, -0.05) is 0 Å². The van der Waals surface area contributed by atoms with Gasteiger partial charge >= 0.3 is 0 Å². The average Bonchev–Trinajstić information content (AvgIpc) is 2.41. The topological polar surface area (TPSA) is 0 Å². The van der Waals surface area contributed by atoms with Crippen LogP contribution in [0.4, 0.5) is 0 Å². The second-order valence-corrected chi connectivity index (χ2v) is 6.67. The third kappa shape index (κ3) is 7.51. The van der Waals surface area contributed by atoms with E-state index in [2.05, 4.69) is 15.5 Å². The summed E-state index contributed by atoms with van der Waals surface area (Å²) in [7, 11) is 74.8. The van der Waals surface area contributed by atoms with Crippen molar-refractivity contribution >= 4 is 178 Å². The van der Waals surface area contributed by atoms with Crippen molar-refractivity contribution < 1.29 is 0 Å². The van der Waals surface area contributed by atoms with Crippen LogP contribution in [-0.2, 0) is 0 Å². The summed E-state index contributed by atoms with van der Waals surface area (Å²) in [5.74, 6) is 0. The van der Waals surface area contributed by atoms with Gasteiger partial charge in [-0.25, -0.2) is 0 Å². The molecular weight excluding hydrogens is 270 g/mol. The van der Waals surface area contributed by atoms with Gasteiger partial charge in [0, 0.05) is 178 Å². The van der Waals surface area contributed by atoms with Gasteiger partial charge in [-0.05, 0) is 0 Å². The summed E-state index contributed by atoms with van der Waals surface area (Å²) < 4.78 is 0. The molecule has 0 aromatic rings. The van der Waals surface area contributed by atoms with Gasteiger partial charge in [-0.15, -0.1) is 0 Å². The minimum atomic E-state index is -0.919. The number of hydrogen-bond donors (Lipinski definition) is 0. The van der Waals surface area contributed by atoms with Crippen molar-refractivity contribution in [3.63, 3.8) is 0 Å². The summed E-state index contributed by atoms with van der Waals surface area (Å²) in [4.78, 5) is 0. The highest BCUT2D eigenvalue weighted by molar-refractivity contribution is 8.24. The van der Waals surface area contributed by atoms with Crippen molar-refractivity contribution in [3.8, 4) is 0 Å². The summed E-state index contributed by atoms with van der Waals surface area (Å²) in [5, 5.41) is 0. The molecule has 0 aromatic heterocycles. The molecule has 0 N–H and O–H groups in total. The molecule has 0 nitrogen and oxygen atoms in total. The van der Waals surface area contributed by atoms with Gasteiger partial charge in [-0.2, -0.15) is 0 Å². The van der Waals surface area contributed by atoms with Crippen LogP contribution in [0.3, 0.4) is 0 Å². The first-order chi connectivity index (χ1) is 11.4. The zero-order chi connectivity index (χ0) is 20.1. The summed E-state index contributed by atoms with van der Waals surface area (Å²) >= 11 is 0. The van der Waals surface area contributed by atoms with E-state index in [-0.39, 0.29) is 0 Å². The third-order valence-corrected chi connectivity index (χ3v) is 4.77. The van der Waals surface area contributed by atoms with Gasteiger partial charge in [-0.3, -0.25) is 0 Å². The minimum absolute atomic E-state index is 0.426. The van der Waals surface area contributed by atoms with Crippen molar-refractivity contribution in [1.29, 1.82) is 0 Å². The molecule has 0 amide bonds. The Morgan fingerprint density at radius 2 is 0.760 bits per heavy atom. The number of hydrogen-bond acceptors (Lipinski definition) is 0. The van der Waals surface area contributed by atoms with E-state index >= 15 is 0 Å². The smallest absolute Gasteiger partial charge is 0.0000000000000235 e. The molecule has 0 unspecified atom stereocenters. The molecule has 77 valence electrons. The van der Waals surface area contributed by atoms with Crippen LogP contribution in [0.2, 0.25) is 0 Å². The molecule has 0 fully saturated rings. The fourth-order valence-corrected chi connectivity index (χ4v) is 3.70. The van der Waals surface area contributed by atoms with E-state index in [9.17, 15) is 0 Å². The fourth-order valence-electron chi connectivity index (χ4n) is 3.70. The predicted molar refractivity (Wildman–Crippen MR) is 147 cm³/mol. The van der Waals surface area contributed by atoms with Gasteiger partial charge in [0.15, 0.2) is 0 Å². The van der Waals surface area contributed by atoms with E-state index in [1.165, 1.54) is 0 Å². The normalized spacial score (nSPS) is 9.28. The van der Waals surface area contributed by atoms with Crippen molar-refractivity contribution in [2.24, 2.45) is 0 Å². The molecule has 0 heterocycles. The zero-order valence-electron chi connectivity index (χ0n) is 14.7. The maximum absolute atomic E-state index is 6.05. The lowest BCUT2D eigenvalue weighted by atomic mass is 8.35. The van der Waals surface area contributed by atoms with Crippen LogP contribution in [-0.4, -0.2) is 178 Å². The first kappa shape index (κ1) is 26.6. The van der Waals surface area contributed by atoms with Crippen molar-refractivity contribution in [2.45, 2.75) is 0 Å². The fraction of sp³-hybridized carbons (Fsp3) is 0. The van der Waals surface area contributed by atoms with Gasteiger partial charge < -0.3 is 0 Å². The second kappa shape index (κ2) is 12.2. The summed E-state index contributed by atoms with van der Waals surface area (Å²) in [6.45, 7) is 0. The molecule has 0 saturated carbocycles. The van der Waals surface area contributed by atoms with Crippen LogP contribution < -0.4 is 0 Å². The molecule has 0 aliphatic heterocycles. The van der Waals surface area contributed by atoms with Gasteiger partial charge in [0.25, 0.3) is 0 Å². The molecule has 0 saturated heterocycles. The monoisotopic (exact) mass is 277 g/mol. The first-order valence-corrected chi connectivity index (χ1v) is 8.15. The van der Waals surface area contributed by atoms with Gasteiger partial charge in [0.2, 0.25) is 0 Å². The summed E-state index contributed by atoms with van der Waals surface area (Å²) in [5.41, 5.74) is 0. The van der Waals surface area contributed by atoms with Crippen LogP contribution in [0.25, 0.3) is 0 Å². The predicted octanol–water partition coefficient (Wildman–Crippen LogP) is -10.1. The molecule has 0 aliphatic rings. The Bertz CT molecular complexity index is 298. The van der Waals surface area contributed by atoms with Crippen LogP contribution >= 0.6 is 0 Å².